The van der Waals surface area contributed by atoms with Crippen molar-refractivity contribution in [2.45, 2.75) is 18.6 Å². The quantitative estimate of drug-likeness (QED) is 0.609. The predicted molar refractivity (Wildman–Crippen MR) is 105 cm³/mol. The lowest BCUT2D eigenvalue weighted by molar-refractivity contribution is -0.419. The molecule has 1 N–H and O–H groups in total. The van der Waals surface area contributed by atoms with E-state index < -0.39 is 16.9 Å². The highest BCUT2D eigenvalue weighted by atomic mass is 32.2. The van der Waals surface area contributed by atoms with Crippen LogP contribution in [-0.4, -0.2) is 43.9 Å². The molecule has 8 nitrogen and oxygen atoms in total. The van der Waals surface area contributed by atoms with Crippen molar-refractivity contribution in [1.82, 2.24) is 4.98 Å². The van der Waals surface area contributed by atoms with Gasteiger partial charge in [-0.15, -0.1) is 11.8 Å². The number of hydrogen-bond acceptors (Lipinski definition) is 7. The lowest BCUT2D eigenvalue weighted by Gasteiger charge is -2.16. The molecule has 4 rings (SSSR count). The third kappa shape index (κ3) is 3.74. The van der Waals surface area contributed by atoms with Crippen molar-refractivity contribution >= 4 is 33.7 Å². The zero-order chi connectivity index (χ0) is 19.7. The molecule has 0 saturated carbocycles. The largest absolute Gasteiger partial charge is 0.486 e. The van der Waals surface area contributed by atoms with Crippen molar-refractivity contribution in [2.24, 2.45) is 4.99 Å². The predicted octanol–water partition coefficient (Wildman–Crippen LogP) is 3.05. The zero-order valence-corrected chi connectivity index (χ0v) is 15.3. The van der Waals surface area contributed by atoms with Crippen LogP contribution in [0.25, 0.3) is 10.9 Å². The van der Waals surface area contributed by atoms with Crippen molar-refractivity contribution in [2.75, 3.05) is 5.75 Å². The fourth-order valence-electron chi connectivity index (χ4n) is 2.92. The molecule has 0 bridgehead atoms. The summed E-state index contributed by atoms with van der Waals surface area (Å²) in [5.74, 6) is 0.133. The summed E-state index contributed by atoms with van der Waals surface area (Å²) in [4.78, 5) is 30.1. The fraction of sp³-hybridized carbons (Fsp3) is 0.211. The van der Waals surface area contributed by atoms with E-state index in [0.29, 0.717) is 28.7 Å². The van der Waals surface area contributed by atoms with E-state index in [0.717, 1.165) is 10.9 Å². The number of benzene rings is 1. The van der Waals surface area contributed by atoms with Gasteiger partial charge in [0, 0.05) is 23.6 Å². The molecule has 0 spiro atoms. The van der Waals surface area contributed by atoms with Crippen molar-refractivity contribution < 1.29 is 19.6 Å². The SMILES string of the molecule is O=C(O)[C@H]1CSC(c2ccc3cc(OC4C=CC([N+](=O)[O-])=CC4)ccc3n2)=N1. The van der Waals surface area contributed by atoms with Gasteiger partial charge in [0.1, 0.15) is 16.9 Å². The van der Waals surface area contributed by atoms with Crippen LogP contribution in [0.15, 0.2) is 59.2 Å². The highest BCUT2D eigenvalue weighted by Gasteiger charge is 2.25. The van der Waals surface area contributed by atoms with Gasteiger partial charge in [-0.2, -0.15) is 0 Å². The van der Waals surface area contributed by atoms with Crippen LogP contribution in [0.5, 0.6) is 5.75 Å². The Morgan fingerprint density at radius 1 is 1.32 bits per heavy atom. The first kappa shape index (κ1) is 18.2. The smallest absolute Gasteiger partial charge is 0.329 e. The Balaban J connectivity index is 1.50. The van der Waals surface area contributed by atoms with Crippen LogP contribution < -0.4 is 4.74 Å². The Morgan fingerprint density at radius 2 is 2.18 bits per heavy atom. The van der Waals surface area contributed by atoms with Crippen LogP contribution in [0, 0.1) is 10.1 Å². The number of ether oxygens (including phenoxy) is 1. The van der Waals surface area contributed by atoms with Gasteiger partial charge in [-0.25, -0.2) is 9.78 Å². The van der Waals surface area contributed by atoms with E-state index in [1.54, 1.807) is 18.2 Å². The normalized spacial score (nSPS) is 21.3. The first-order valence-corrected chi connectivity index (χ1v) is 9.52. The zero-order valence-electron chi connectivity index (χ0n) is 14.5. The number of carboxylic acid groups (broad SMARTS) is 1. The number of aromatic nitrogens is 1. The molecule has 28 heavy (non-hydrogen) atoms. The van der Waals surface area contributed by atoms with Crippen LogP contribution in [0.3, 0.4) is 0 Å². The fourth-order valence-corrected chi connectivity index (χ4v) is 3.92. The number of nitro groups is 1. The lowest BCUT2D eigenvalue weighted by atomic mass is 10.1. The van der Waals surface area contributed by atoms with Gasteiger partial charge in [-0.3, -0.25) is 15.1 Å². The van der Waals surface area contributed by atoms with Crippen LogP contribution in [0.2, 0.25) is 0 Å². The minimum absolute atomic E-state index is 0.0768. The molecule has 9 heteroatoms. The molecule has 1 aliphatic carbocycles. The maximum absolute atomic E-state index is 11.0. The number of hydrogen-bond donors (Lipinski definition) is 1. The number of carboxylic acids is 1. The van der Waals surface area contributed by atoms with Crippen molar-refractivity contribution in [1.29, 1.82) is 0 Å². The first-order chi connectivity index (χ1) is 13.5. The molecule has 0 radical (unpaired) electrons. The summed E-state index contributed by atoms with van der Waals surface area (Å²) in [7, 11) is 0. The molecule has 2 aromatic rings. The van der Waals surface area contributed by atoms with Crippen LogP contribution in [-0.2, 0) is 4.79 Å². The molecular formula is C19H15N3O5S. The Hall–Kier alpha value is -3.20. The topological polar surface area (TPSA) is 115 Å². The maximum atomic E-state index is 11.0. The average Bonchev–Trinajstić information content (AvgIpc) is 3.18. The first-order valence-electron chi connectivity index (χ1n) is 8.53. The van der Waals surface area contributed by atoms with Gasteiger partial charge in [0.05, 0.1) is 16.1 Å². The highest BCUT2D eigenvalue weighted by Crippen LogP contribution is 2.26. The van der Waals surface area contributed by atoms with Gasteiger partial charge >= 0.3 is 5.97 Å². The van der Waals surface area contributed by atoms with Crippen molar-refractivity contribution in [3.8, 4) is 5.75 Å². The third-order valence-corrected chi connectivity index (χ3v) is 5.43. The molecule has 1 aliphatic heterocycles. The Kier molecular flexibility index (Phi) is 4.82. The van der Waals surface area contributed by atoms with E-state index >= 15 is 0 Å². The Morgan fingerprint density at radius 3 is 2.86 bits per heavy atom. The molecular weight excluding hydrogens is 382 g/mol. The number of aliphatic imine (C=N–C) groups is 1. The molecule has 1 aromatic heterocycles. The van der Waals surface area contributed by atoms with Crippen molar-refractivity contribution in [3.05, 3.63) is 70.1 Å². The third-order valence-electron chi connectivity index (χ3n) is 4.36. The molecule has 0 fully saturated rings. The van der Waals surface area contributed by atoms with E-state index in [-0.39, 0.29) is 11.8 Å². The summed E-state index contributed by atoms with van der Waals surface area (Å²) in [5, 5.41) is 21.3. The molecule has 1 aromatic carbocycles. The summed E-state index contributed by atoms with van der Waals surface area (Å²) >= 11 is 1.39. The summed E-state index contributed by atoms with van der Waals surface area (Å²) < 4.78 is 5.89. The van der Waals surface area contributed by atoms with Gasteiger partial charge in [-0.1, -0.05) is 6.07 Å². The number of rotatable bonds is 5. The number of nitrogens with zero attached hydrogens (tertiary/aromatic N) is 3. The number of carbonyl (C=O) groups is 1. The molecule has 2 heterocycles. The van der Waals surface area contributed by atoms with Gasteiger partial charge in [0.15, 0.2) is 6.04 Å². The summed E-state index contributed by atoms with van der Waals surface area (Å²) in [5.41, 5.74) is 1.48. The molecule has 0 saturated heterocycles. The van der Waals surface area contributed by atoms with E-state index in [9.17, 15) is 14.9 Å². The van der Waals surface area contributed by atoms with E-state index in [1.807, 2.05) is 24.3 Å². The standard InChI is InChI=1S/C19H15N3O5S/c23-19(24)17-10-28-18(21-17)16-7-1-11-9-14(6-8-15(11)20-16)27-13-4-2-12(3-5-13)22(25)26/h1-4,6-9,13,17H,5,10H2,(H,23,24)/t13?,17-/m1/s1. The lowest BCUT2D eigenvalue weighted by Crippen LogP contribution is -2.17. The second-order valence-electron chi connectivity index (χ2n) is 6.29. The monoisotopic (exact) mass is 397 g/mol. The molecule has 1 unspecified atom stereocenters. The number of fused-ring (bicyclic) bond motifs is 1. The molecule has 2 aliphatic rings. The van der Waals surface area contributed by atoms with Crippen molar-refractivity contribution in [3.63, 3.8) is 0 Å². The Bertz CT molecular complexity index is 1060. The summed E-state index contributed by atoms with van der Waals surface area (Å²) in [6.07, 6.45) is 4.85. The van der Waals surface area contributed by atoms with Crippen LogP contribution in [0.4, 0.5) is 0 Å². The van der Waals surface area contributed by atoms with E-state index in [4.69, 9.17) is 9.84 Å². The molecule has 0 amide bonds. The maximum Gasteiger partial charge on any atom is 0.329 e. The number of pyridine rings is 1. The molecule has 2 atom stereocenters. The average molecular weight is 397 g/mol. The Labute approximate surface area is 163 Å². The van der Waals surface area contributed by atoms with Crippen LogP contribution >= 0.6 is 11.8 Å². The second kappa shape index (κ2) is 7.43. The van der Waals surface area contributed by atoms with E-state index in [1.165, 1.54) is 17.8 Å². The van der Waals surface area contributed by atoms with E-state index in [2.05, 4.69) is 9.98 Å². The number of thioether (sulfide) groups is 1. The summed E-state index contributed by atoms with van der Waals surface area (Å²) in [6.45, 7) is 0. The highest BCUT2D eigenvalue weighted by molar-refractivity contribution is 8.14. The molecule has 142 valence electrons. The number of allylic oxidation sites excluding steroid dienone is 1. The van der Waals surface area contributed by atoms with Gasteiger partial charge < -0.3 is 9.84 Å². The summed E-state index contributed by atoms with van der Waals surface area (Å²) in [6, 6.07) is 8.47. The van der Waals surface area contributed by atoms with Gasteiger partial charge in [0.25, 0.3) is 5.70 Å². The minimum atomic E-state index is -0.929. The van der Waals surface area contributed by atoms with Gasteiger partial charge in [-0.05, 0) is 36.4 Å². The minimum Gasteiger partial charge on any atom is -0.486 e. The second-order valence-corrected chi connectivity index (χ2v) is 7.30. The van der Waals surface area contributed by atoms with Crippen LogP contribution in [0.1, 0.15) is 12.1 Å². The van der Waals surface area contributed by atoms with Gasteiger partial charge in [0.2, 0.25) is 0 Å². The number of aliphatic carboxylic acids is 1.